The largest absolute Gasteiger partial charge is 0.496 e. The molecule has 1 aromatic carbocycles. The van der Waals surface area contributed by atoms with Gasteiger partial charge in [0, 0.05) is 37.7 Å². The van der Waals surface area contributed by atoms with E-state index in [4.69, 9.17) is 18.9 Å². The number of ether oxygens (including phenoxy) is 4. The van der Waals surface area contributed by atoms with Crippen LogP contribution in [0.5, 0.6) is 17.2 Å². The fourth-order valence-corrected chi connectivity index (χ4v) is 4.64. The number of amides is 1. The lowest BCUT2D eigenvalue weighted by molar-refractivity contribution is -0.0296. The molecule has 2 aliphatic rings. The van der Waals surface area contributed by atoms with Gasteiger partial charge in [0.15, 0.2) is 11.5 Å². The number of rotatable bonds is 5. The Morgan fingerprint density at radius 2 is 1.65 bits per heavy atom. The summed E-state index contributed by atoms with van der Waals surface area (Å²) in [6, 6.07) is 3.42. The summed E-state index contributed by atoms with van der Waals surface area (Å²) in [5, 5.41) is 0. The first-order chi connectivity index (χ1) is 12.6. The predicted octanol–water partition coefficient (Wildman–Crippen LogP) is 3.13. The van der Waals surface area contributed by atoms with Gasteiger partial charge in [-0.15, -0.1) is 0 Å². The highest BCUT2D eigenvalue weighted by molar-refractivity contribution is 5.98. The van der Waals surface area contributed by atoms with Crippen molar-refractivity contribution in [1.82, 2.24) is 4.90 Å². The molecule has 1 aromatic rings. The Balaban J connectivity index is 1.89. The first-order valence-corrected chi connectivity index (χ1v) is 9.20. The topological polar surface area (TPSA) is 57.2 Å². The van der Waals surface area contributed by atoms with Crippen LogP contribution in [0.4, 0.5) is 0 Å². The normalized spacial score (nSPS) is 25.4. The Hall–Kier alpha value is -1.95. The number of carbonyl (C=O) groups excluding carboxylic acids is 1. The molecule has 3 rings (SSSR count). The number of nitrogens with zero attached hydrogens (tertiary/aromatic N) is 1. The molecule has 2 atom stereocenters. The van der Waals surface area contributed by atoms with Gasteiger partial charge < -0.3 is 23.8 Å². The Labute approximate surface area is 155 Å². The smallest absolute Gasteiger partial charge is 0.257 e. The van der Waals surface area contributed by atoms with Crippen LogP contribution in [-0.2, 0) is 4.74 Å². The highest BCUT2D eigenvalue weighted by Crippen LogP contribution is 2.47. The number of piperidine rings is 1. The zero-order valence-electron chi connectivity index (χ0n) is 16.2. The van der Waals surface area contributed by atoms with E-state index in [9.17, 15) is 4.79 Å². The van der Waals surface area contributed by atoms with E-state index >= 15 is 0 Å². The van der Waals surface area contributed by atoms with Crippen molar-refractivity contribution in [3.63, 3.8) is 0 Å². The number of likely N-dealkylation sites (tertiary alicyclic amines) is 1. The van der Waals surface area contributed by atoms with E-state index in [1.165, 1.54) is 6.42 Å². The fourth-order valence-electron chi connectivity index (χ4n) is 4.64. The van der Waals surface area contributed by atoms with Gasteiger partial charge in [0.1, 0.15) is 5.75 Å². The quantitative estimate of drug-likeness (QED) is 0.804. The number of hydrogen-bond donors (Lipinski definition) is 0. The summed E-state index contributed by atoms with van der Waals surface area (Å²) >= 11 is 0. The monoisotopic (exact) mass is 363 g/mol. The maximum absolute atomic E-state index is 13.3. The van der Waals surface area contributed by atoms with E-state index in [0.29, 0.717) is 22.8 Å². The van der Waals surface area contributed by atoms with Gasteiger partial charge in [-0.05, 0) is 25.7 Å². The summed E-state index contributed by atoms with van der Waals surface area (Å²) in [5.41, 5.74) is 0.598. The van der Waals surface area contributed by atoms with Crippen LogP contribution in [-0.4, -0.2) is 58.4 Å². The van der Waals surface area contributed by atoms with Crippen LogP contribution < -0.4 is 14.2 Å². The molecule has 1 aliphatic carbocycles. The molecule has 0 bridgehead atoms. The van der Waals surface area contributed by atoms with Crippen molar-refractivity contribution in [3.8, 4) is 17.2 Å². The standard InChI is InChI=1S/C20H29NO5/c1-23-15-12-17(25-3)16(24-2)11-14(15)19(22)21-10-6-9-20(13-21)8-5-7-18(20)26-4/h11-12,18H,5-10,13H2,1-4H3/t18-,20-/m1/s1. The molecule has 144 valence electrons. The van der Waals surface area contributed by atoms with E-state index in [2.05, 4.69) is 0 Å². The van der Waals surface area contributed by atoms with Crippen LogP contribution in [0.1, 0.15) is 42.5 Å². The van der Waals surface area contributed by atoms with Crippen molar-refractivity contribution in [1.29, 1.82) is 0 Å². The molecule has 1 amide bonds. The lowest BCUT2D eigenvalue weighted by atomic mass is 9.76. The number of benzene rings is 1. The number of carbonyl (C=O) groups is 1. The molecule has 0 aromatic heterocycles. The van der Waals surface area contributed by atoms with E-state index in [-0.39, 0.29) is 17.4 Å². The highest BCUT2D eigenvalue weighted by atomic mass is 16.5. The van der Waals surface area contributed by atoms with Crippen molar-refractivity contribution < 1.29 is 23.7 Å². The summed E-state index contributed by atoms with van der Waals surface area (Å²) in [6.45, 7) is 1.50. The van der Waals surface area contributed by atoms with Crippen molar-refractivity contribution in [3.05, 3.63) is 17.7 Å². The van der Waals surface area contributed by atoms with Gasteiger partial charge in [-0.3, -0.25) is 4.79 Å². The van der Waals surface area contributed by atoms with Crippen LogP contribution >= 0.6 is 0 Å². The Kier molecular flexibility index (Phi) is 5.61. The number of methoxy groups -OCH3 is 4. The van der Waals surface area contributed by atoms with Gasteiger partial charge in [-0.1, -0.05) is 6.42 Å². The van der Waals surface area contributed by atoms with Crippen molar-refractivity contribution in [2.24, 2.45) is 5.41 Å². The molecule has 1 saturated heterocycles. The molecule has 1 aliphatic heterocycles. The zero-order valence-corrected chi connectivity index (χ0v) is 16.2. The third-order valence-corrected chi connectivity index (χ3v) is 5.94. The highest BCUT2D eigenvalue weighted by Gasteiger charge is 2.47. The maximum Gasteiger partial charge on any atom is 0.257 e. The molecule has 26 heavy (non-hydrogen) atoms. The summed E-state index contributed by atoms with van der Waals surface area (Å²) < 4.78 is 21.9. The van der Waals surface area contributed by atoms with Crippen LogP contribution in [0.2, 0.25) is 0 Å². The van der Waals surface area contributed by atoms with E-state index < -0.39 is 0 Å². The second-order valence-electron chi connectivity index (χ2n) is 7.22. The van der Waals surface area contributed by atoms with Crippen molar-refractivity contribution in [2.45, 2.75) is 38.2 Å². The lowest BCUT2D eigenvalue weighted by Gasteiger charge is -2.43. The van der Waals surface area contributed by atoms with E-state index in [1.54, 1.807) is 40.6 Å². The van der Waals surface area contributed by atoms with Crippen LogP contribution in [0.3, 0.4) is 0 Å². The minimum absolute atomic E-state index is 0.0244. The third kappa shape index (κ3) is 3.22. The van der Waals surface area contributed by atoms with Gasteiger partial charge in [0.25, 0.3) is 5.91 Å². The SMILES string of the molecule is COc1cc(OC)c(C(=O)N2CCC[C@]3(CCC[C@H]3OC)C2)cc1OC. The molecule has 1 saturated carbocycles. The predicted molar refractivity (Wildman–Crippen MR) is 98.3 cm³/mol. The summed E-state index contributed by atoms with van der Waals surface area (Å²) in [6.07, 6.45) is 5.74. The minimum atomic E-state index is -0.0244. The molecule has 0 unspecified atom stereocenters. The average Bonchev–Trinajstić information content (AvgIpc) is 3.07. The first-order valence-electron chi connectivity index (χ1n) is 9.20. The Morgan fingerprint density at radius 1 is 1.00 bits per heavy atom. The average molecular weight is 363 g/mol. The maximum atomic E-state index is 13.3. The Morgan fingerprint density at radius 3 is 2.31 bits per heavy atom. The van der Waals surface area contributed by atoms with Crippen LogP contribution in [0.15, 0.2) is 12.1 Å². The summed E-state index contributed by atoms with van der Waals surface area (Å²) in [5.74, 6) is 1.55. The van der Waals surface area contributed by atoms with E-state index in [0.717, 1.165) is 38.8 Å². The summed E-state index contributed by atoms with van der Waals surface area (Å²) in [7, 11) is 6.48. The molecular formula is C20H29NO5. The molecule has 2 fully saturated rings. The van der Waals surface area contributed by atoms with Gasteiger partial charge >= 0.3 is 0 Å². The molecule has 1 heterocycles. The van der Waals surface area contributed by atoms with Crippen molar-refractivity contribution >= 4 is 5.91 Å². The molecule has 6 nitrogen and oxygen atoms in total. The minimum Gasteiger partial charge on any atom is -0.496 e. The van der Waals surface area contributed by atoms with Gasteiger partial charge in [-0.2, -0.15) is 0 Å². The molecule has 6 heteroatoms. The molecular weight excluding hydrogens is 334 g/mol. The van der Waals surface area contributed by atoms with Crippen LogP contribution in [0, 0.1) is 5.41 Å². The fraction of sp³-hybridized carbons (Fsp3) is 0.650. The van der Waals surface area contributed by atoms with E-state index in [1.807, 2.05) is 4.90 Å². The molecule has 0 radical (unpaired) electrons. The Bertz CT molecular complexity index is 662. The van der Waals surface area contributed by atoms with Gasteiger partial charge in [-0.25, -0.2) is 0 Å². The third-order valence-electron chi connectivity index (χ3n) is 5.94. The van der Waals surface area contributed by atoms with Gasteiger partial charge in [0.05, 0.1) is 33.0 Å². The second kappa shape index (κ2) is 7.74. The molecule has 1 spiro atoms. The molecule has 0 N–H and O–H groups in total. The van der Waals surface area contributed by atoms with Gasteiger partial charge in [0.2, 0.25) is 0 Å². The van der Waals surface area contributed by atoms with Crippen molar-refractivity contribution in [2.75, 3.05) is 41.5 Å². The summed E-state index contributed by atoms with van der Waals surface area (Å²) in [4.78, 5) is 15.2. The lowest BCUT2D eigenvalue weighted by Crippen LogP contribution is -2.49. The second-order valence-corrected chi connectivity index (χ2v) is 7.22. The zero-order chi connectivity index (χ0) is 18.7. The number of hydrogen-bond acceptors (Lipinski definition) is 5. The van der Waals surface area contributed by atoms with Crippen LogP contribution in [0.25, 0.3) is 0 Å². The first kappa shape index (κ1) is 18.8.